The summed E-state index contributed by atoms with van der Waals surface area (Å²) in [5.41, 5.74) is 3.93. The van der Waals surface area contributed by atoms with Crippen LogP contribution < -0.4 is 4.74 Å². The van der Waals surface area contributed by atoms with Crippen LogP contribution in [0.2, 0.25) is 0 Å². The molecule has 1 nitrogen and oxygen atoms in total. The van der Waals surface area contributed by atoms with Crippen LogP contribution in [0.5, 0.6) is 5.75 Å². The van der Waals surface area contributed by atoms with Gasteiger partial charge in [0, 0.05) is 0 Å². The van der Waals surface area contributed by atoms with Crippen molar-refractivity contribution in [2.24, 2.45) is 0 Å². The molecule has 0 bridgehead atoms. The van der Waals surface area contributed by atoms with Crippen molar-refractivity contribution >= 4 is 0 Å². The SMILES string of the molecule is C=CCCCCOc1ccc(-c2ccc(CCCC)cc2)cc1. The van der Waals surface area contributed by atoms with Gasteiger partial charge in [0.15, 0.2) is 0 Å². The fourth-order valence-corrected chi connectivity index (χ4v) is 2.57. The highest BCUT2D eigenvalue weighted by atomic mass is 16.5. The molecule has 0 fully saturated rings. The largest absolute Gasteiger partial charge is 0.494 e. The third-order valence-electron chi connectivity index (χ3n) is 4.03. The van der Waals surface area contributed by atoms with Crippen LogP contribution in [-0.2, 0) is 6.42 Å². The zero-order valence-electron chi connectivity index (χ0n) is 14.3. The monoisotopic (exact) mass is 308 g/mol. The standard InChI is InChI=1S/C22H28O/c1-3-5-7-8-18-23-22-16-14-21(15-17-22)20-12-10-19(11-13-20)9-6-4-2/h3,10-17H,1,4-9,18H2,2H3. The Morgan fingerprint density at radius 3 is 2.13 bits per heavy atom. The molecule has 2 rings (SSSR count). The van der Waals surface area contributed by atoms with Crippen LogP contribution >= 0.6 is 0 Å². The topological polar surface area (TPSA) is 9.23 Å². The summed E-state index contributed by atoms with van der Waals surface area (Å²) in [5.74, 6) is 0.951. The number of unbranched alkanes of at least 4 members (excludes halogenated alkanes) is 3. The Balaban J connectivity index is 1.87. The lowest BCUT2D eigenvalue weighted by molar-refractivity contribution is 0.307. The van der Waals surface area contributed by atoms with Gasteiger partial charge >= 0.3 is 0 Å². The highest BCUT2D eigenvalue weighted by molar-refractivity contribution is 5.64. The molecule has 0 radical (unpaired) electrons. The van der Waals surface area contributed by atoms with Crippen molar-refractivity contribution < 1.29 is 4.74 Å². The third kappa shape index (κ3) is 5.94. The first-order chi connectivity index (χ1) is 11.3. The van der Waals surface area contributed by atoms with Gasteiger partial charge in [0.1, 0.15) is 5.75 Å². The summed E-state index contributed by atoms with van der Waals surface area (Å²) in [4.78, 5) is 0. The van der Waals surface area contributed by atoms with Gasteiger partial charge in [-0.25, -0.2) is 0 Å². The van der Waals surface area contributed by atoms with Crippen LogP contribution in [0, 0.1) is 0 Å². The molecule has 0 aliphatic carbocycles. The molecular weight excluding hydrogens is 280 g/mol. The number of hydrogen-bond donors (Lipinski definition) is 0. The van der Waals surface area contributed by atoms with E-state index in [1.54, 1.807) is 0 Å². The fourth-order valence-electron chi connectivity index (χ4n) is 2.57. The minimum absolute atomic E-state index is 0.777. The van der Waals surface area contributed by atoms with E-state index < -0.39 is 0 Å². The van der Waals surface area contributed by atoms with Crippen molar-refractivity contribution in [3.8, 4) is 16.9 Å². The summed E-state index contributed by atoms with van der Waals surface area (Å²) in [6.45, 7) is 6.74. The normalized spacial score (nSPS) is 10.5. The number of aryl methyl sites for hydroxylation is 1. The fraction of sp³-hybridized carbons (Fsp3) is 0.364. The summed E-state index contributed by atoms with van der Waals surface area (Å²) in [5, 5.41) is 0. The van der Waals surface area contributed by atoms with E-state index in [0.29, 0.717) is 0 Å². The summed E-state index contributed by atoms with van der Waals surface area (Å²) in [7, 11) is 0. The van der Waals surface area contributed by atoms with E-state index in [2.05, 4.69) is 62.0 Å². The van der Waals surface area contributed by atoms with Crippen LogP contribution in [0.25, 0.3) is 11.1 Å². The number of allylic oxidation sites excluding steroid dienone is 1. The Labute approximate surface area is 141 Å². The van der Waals surface area contributed by atoms with E-state index in [4.69, 9.17) is 4.74 Å². The molecule has 0 atom stereocenters. The summed E-state index contributed by atoms with van der Waals surface area (Å²) < 4.78 is 5.77. The molecule has 0 spiro atoms. The molecule has 122 valence electrons. The average Bonchev–Trinajstić information content (AvgIpc) is 2.61. The van der Waals surface area contributed by atoms with Gasteiger partial charge in [0.2, 0.25) is 0 Å². The molecule has 0 saturated heterocycles. The van der Waals surface area contributed by atoms with Crippen molar-refractivity contribution in [1.82, 2.24) is 0 Å². The highest BCUT2D eigenvalue weighted by Gasteiger charge is 2.00. The first-order valence-corrected chi connectivity index (χ1v) is 8.76. The van der Waals surface area contributed by atoms with Crippen LogP contribution in [-0.4, -0.2) is 6.61 Å². The lowest BCUT2D eigenvalue weighted by Crippen LogP contribution is -1.96. The van der Waals surface area contributed by atoms with Crippen molar-refractivity contribution in [2.45, 2.75) is 45.4 Å². The number of ether oxygens (including phenoxy) is 1. The lowest BCUT2D eigenvalue weighted by atomic mass is 10.0. The molecule has 0 saturated carbocycles. The van der Waals surface area contributed by atoms with Gasteiger partial charge in [-0.3, -0.25) is 0 Å². The van der Waals surface area contributed by atoms with E-state index in [9.17, 15) is 0 Å². The molecular formula is C22H28O. The molecule has 2 aromatic carbocycles. The van der Waals surface area contributed by atoms with E-state index in [0.717, 1.165) is 31.6 Å². The van der Waals surface area contributed by atoms with Crippen LogP contribution in [0.1, 0.15) is 44.6 Å². The molecule has 1 heteroatoms. The van der Waals surface area contributed by atoms with Gasteiger partial charge in [0.25, 0.3) is 0 Å². The van der Waals surface area contributed by atoms with E-state index in [1.165, 1.54) is 36.0 Å². The Morgan fingerprint density at radius 1 is 0.870 bits per heavy atom. The first-order valence-electron chi connectivity index (χ1n) is 8.76. The predicted octanol–water partition coefficient (Wildman–Crippen LogP) is 6.43. The zero-order valence-corrected chi connectivity index (χ0v) is 14.3. The third-order valence-corrected chi connectivity index (χ3v) is 4.03. The average molecular weight is 308 g/mol. The van der Waals surface area contributed by atoms with Crippen LogP contribution in [0.15, 0.2) is 61.2 Å². The maximum atomic E-state index is 5.77. The van der Waals surface area contributed by atoms with Gasteiger partial charge in [-0.15, -0.1) is 6.58 Å². The quantitative estimate of drug-likeness (QED) is 0.363. The maximum Gasteiger partial charge on any atom is 0.119 e. The molecule has 23 heavy (non-hydrogen) atoms. The number of benzene rings is 2. The number of rotatable bonds is 10. The maximum absolute atomic E-state index is 5.77. The van der Waals surface area contributed by atoms with Crippen molar-refractivity contribution in [3.63, 3.8) is 0 Å². The smallest absolute Gasteiger partial charge is 0.119 e. The summed E-state index contributed by atoms with van der Waals surface area (Å²) in [6.07, 6.45) is 8.93. The van der Waals surface area contributed by atoms with Gasteiger partial charge in [0.05, 0.1) is 6.61 Å². The van der Waals surface area contributed by atoms with Crippen molar-refractivity contribution in [1.29, 1.82) is 0 Å². The van der Waals surface area contributed by atoms with Gasteiger partial charge in [-0.1, -0.05) is 55.8 Å². The molecule has 0 heterocycles. The van der Waals surface area contributed by atoms with Crippen LogP contribution in [0.4, 0.5) is 0 Å². The second-order valence-electron chi connectivity index (χ2n) is 5.96. The Kier molecular flexibility index (Phi) is 7.45. The highest BCUT2D eigenvalue weighted by Crippen LogP contribution is 2.23. The van der Waals surface area contributed by atoms with E-state index >= 15 is 0 Å². The number of hydrogen-bond acceptors (Lipinski definition) is 1. The van der Waals surface area contributed by atoms with E-state index in [1.807, 2.05) is 6.08 Å². The van der Waals surface area contributed by atoms with Gasteiger partial charge in [-0.2, -0.15) is 0 Å². The Hall–Kier alpha value is -2.02. The summed E-state index contributed by atoms with van der Waals surface area (Å²) >= 11 is 0. The van der Waals surface area contributed by atoms with Crippen molar-refractivity contribution in [3.05, 3.63) is 66.7 Å². The van der Waals surface area contributed by atoms with Crippen LogP contribution in [0.3, 0.4) is 0 Å². The minimum Gasteiger partial charge on any atom is -0.494 e. The first kappa shape index (κ1) is 17.3. The van der Waals surface area contributed by atoms with E-state index in [-0.39, 0.29) is 0 Å². The molecule has 0 aromatic heterocycles. The molecule has 2 aromatic rings. The molecule has 0 amide bonds. The predicted molar refractivity (Wildman–Crippen MR) is 100 cm³/mol. The Morgan fingerprint density at radius 2 is 1.52 bits per heavy atom. The summed E-state index contributed by atoms with van der Waals surface area (Å²) in [6, 6.07) is 17.3. The second kappa shape index (κ2) is 9.89. The zero-order chi connectivity index (χ0) is 16.3. The Bertz CT molecular complexity index is 566. The molecule has 0 N–H and O–H groups in total. The molecule has 0 aliphatic rings. The van der Waals surface area contributed by atoms with Gasteiger partial charge in [-0.05, 0) is 60.9 Å². The second-order valence-corrected chi connectivity index (χ2v) is 5.96. The molecule has 0 aliphatic heterocycles. The lowest BCUT2D eigenvalue weighted by Gasteiger charge is -2.08. The van der Waals surface area contributed by atoms with Crippen molar-refractivity contribution in [2.75, 3.05) is 6.61 Å². The molecule has 0 unspecified atom stereocenters. The minimum atomic E-state index is 0.777. The van der Waals surface area contributed by atoms with Gasteiger partial charge < -0.3 is 4.74 Å².